The highest BCUT2D eigenvalue weighted by Crippen LogP contribution is 2.34. The molecule has 0 unspecified atom stereocenters. The van der Waals surface area contributed by atoms with Crippen molar-refractivity contribution in [2.75, 3.05) is 12.4 Å². The van der Waals surface area contributed by atoms with E-state index in [1.807, 2.05) is 12.1 Å². The monoisotopic (exact) mass is 473 g/mol. The van der Waals surface area contributed by atoms with Crippen LogP contribution in [0.25, 0.3) is 22.1 Å². The zero-order valence-corrected chi connectivity index (χ0v) is 18.3. The van der Waals surface area contributed by atoms with E-state index in [1.165, 1.54) is 19.2 Å². The fraction of sp³-hybridized carbons (Fsp3) is 0.0435. The Kier molecular flexibility index (Phi) is 5.92. The van der Waals surface area contributed by atoms with Crippen LogP contribution in [0.2, 0.25) is 15.1 Å². The van der Waals surface area contributed by atoms with Crippen molar-refractivity contribution in [3.63, 3.8) is 0 Å². The van der Waals surface area contributed by atoms with Gasteiger partial charge in [0.25, 0.3) is 5.91 Å². The quantitative estimate of drug-likeness (QED) is 0.335. The van der Waals surface area contributed by atoms with Gasteiger partial charge in [0.1, 0.15) is 5.58 Å². The molecule has 1 N–H and O–H groups in total. The molecule has 0 atom stereocenters. The Labute approximate surface area is 192 Å². The van der Waals surface area contributed by atoms with Crippen LogP contribution < -0.4 is 15.7 Å². The maximum Gasteiger partial charge on any atom is 0.344 e. The predicted octanol–water partition coefficient (Wildman–Crippen LogP) is 6.68. The van der Waals surface area contributed by atoms with Crippen LogP contribution in [0, 0.1) is 0 Å². The molecule has 0 aliphatic carbocycles. The van der Waals surface area contributed by atoms with E-state index in [9.17, 15) is 9.59 Å². The first-order valence-corrected chi connectivity index (χ1v) is 10.2. The third kappa shape index (κ3) is 4.26. The molecule has 0 radical (unpaired) electrons. The number of carbonyl (C=O) groups is 1. The minimum atomic E-state index is -0.500. The van der Waals surface area contributed by atoms with Crippen LogP contribution in [0.4, 0.5) is 5.69 Å². The maximum atomic E-state index is 12.6. The van der Waals surface area contributed by atoms with Gasteiger partial charge in [-0.2, -0.15) is 0 Å². The molecule has 8 heteroatoms. The van der Waals surface area contributed by atoms with Crippen LogP contribution in [0.15, 0.2) is 69.9 Å². The fourth-order valence-corrected chi connectivity index (χ4v) is 4.07. The summed E-state index contributed by atoms with van der Waals surface area (Å²) in [6.07, 6.45) is 0. The van der Waals surface area contributed by atoms with Gasteiger partial charge in [0.15, 0.2) is 5.75 Å². The summed E-state index contributed by atoms with van der Waals surface area (Å²) >= 11 is 18.6. The van der Waals surface area contributed by atoms with Crippen molar-refractivity contribution in [3.8, 4) is 16.9 Å². The molecule has 0 fully saturated rings. The highest BCUT2D eigenvalue weighted by Gasteiger charge is 2.16. The Hall–Kier alpha value is -2.99. The first kappa shape index (κ1) is 21.2. The molecule has 0 aliphatic heterocycles. The van der Waals surface area contributed by atoms with Gasteiger partial charge < -0.3 is 14.5 Å². The average Bonchev–Trinajstić information content (AvgIpc) is 2.73. The third-order valence-corrected chi connectivity index (χ3v) is 5.50. The molecular weight excluding hydrogens is 461 g/mol. The van der Waals surface area contributed by atoms with Crippen molar-refractivity contribution in [1.82, 2.24) is 0 Å². The largest absolute Gasteiger partial charge is 0.494 e. The Bertz CT molecular complexity index is 1360. The smallest absolute Gasteiger partial charge is 0.344 e. The van der Waals surface area contributed by atoms with Gasteiger partial charge in [0.2, 0.25) is 0 Å². The van der Waals surface area contributed by atoms with Crippen LogP contribution >= 0.6 is 34.8 Å². The number of hydrogen-bond acceptors (Lipinski definition) is 4. The van der Waals surface area contributed by atoms with Crippen LogP contribution in [0.1, 0.15) is 10.4 Å². The highest BCUT2D eigenvalue weighted by molar-refractivity contribution is 6.38. The van der Waals surface area contributed by atoms with Crippen molar-refractivity contribution in [2.45, 2.75) is 0 Å². The average molecular weight is 475 g/mol. The molecule has 31 heavy (non-hydrogen) atoms. The van der Waals surface area contributed by atoms with Gasteiger partial charge in [-0.1, -0.05) is 59.1 Å². The van der Waals surface area contributed by atoms with Crippen molar-refractivity contribution in [1.29, 1.82) is 0 Å². The SMILES string of the molecule is COc1c(Cl)cc(C(=O)Nc2ccc(-c3cc4ccccc4oc3=O)c(Cl)c2)cc1Cl. The maximum absolute atomic E-state index is 12.6. The van der Waals surface area contributed by atoms with E-state index in [0.717, 1.165) is 5.39 Å². The normalized spacial score (nSPS) is 10.8. The van der Waals surface area contributed by atoms with Gasteiger partial charge in [-0.15, -0.1) is 0 Å². The number of carbonyl (C=O) groups excluding carboxylic acids is 1. The van der Waals surface area contributed by atoms with E-state index >= 15 is 0 Å². The highest BCUT2D eigenvalue weighted by atomic mass is 35.5. The van der Waals surface area contributed by atoms with Gasteiger partial charge in [0.05, 0.1) is 27.7 Å². The number of amides is 1. The van der Waals surface area contributed by atoms with E-state index in [4.69, 9.17) is 44.0 Å². The van der Waals surface area contributed by atoms with Gasteiger partial charge in [-0.25, -0.2) is 4.79 Å². The molecule has 156 valence electrons. The molecule has 4 rings (SSSR count). The first-order valence-electron chi connectivity index (χ1n) is 9.04. The minimum Gasteiger partial charge on any atom is -0.494 e. The molecular formula is C23H14Cl3NO4. The van der Waals surface area contributed by atoms with E-state index < -0.39 is 11.5 Å². The van der Waals surface area contributed by atoms with Gasteiger partial charge in [0, 0.05) is 22.2 Å². The Morgan fingerprint density at radius 3 is 2.29 bits per heavy atom. The van der Waals surface area contributed by atoms with E-state index in [1.54, 1.807) is 36.4 Å². The van der Waals surface area contributed by atoms with E-state index in [0.29, 0.717) is 28.1 Å². The second kappa shape index (κ2) is 8.63. The molecule has 5 nitrogen and oxygen atoms in total. The topological polar surface area (TPSA) is 68.5 Å². The molecule has 4 aromatic rings. The second-order valence-corrected chi connectivity index (χ2v) is 7.83. The lowest BCUT2D eigenvalue weighted by Gasteiger charge is -2.11. The summed E-state index contributed by atoms with van der Waals surface area (Å²) in [5.74, 6) is -0.137. The van der Waals surface area contributed by atoms with E-state index in [2.05, 4.69) is 5.32 Å². The fourth-order valence-electron chi connectivity index (χ4n) is 3.15. The summed E-state index contributed by atoms with van der Waals surface area (Å²) in [5.41, 5.74) is 1.51. The molecule has 0 saturated heterocycles. The summed E-state index contributed by atoms with van der Waals surface area (Å²) in [7, 11) is 1.44. The first-order chi connectivity index (χ1) is 14.9. The molecule has 0 saturated carbocycles. The zero-order valence-electron chi connectivity index (χ0n) is 16.0. The molecule has 0 spiro atoms. The number of nitrogens with one attached hydrogen (secondary N) is 1. The van der Waals surface area contributed by atoms with Crippen LogP contribution in [0.3, 0.4) is 0 Å². The number of benzene rings is 3. The Morgan fingerprint density at radius 2 is 1.61 bits per heavy atom. The Balaban J connectivity index is 1.63. The summed E-state index contributed by atoms with van der Waals surface area (Å²) in [6, 6.07) is 16.7. The number of hydrogen-bond donors (Lipinski definition) is 1. The van der Waals surface area contributed by atoms with Crippen molar-refractivity contribution in [3.05, 3.63) is 91.7 Å². The number of rotatable bonds is 4. The lowest BCUT2D eigenvalue weighted by molar-refractivity contribution is 0.102. The number of fused-ring (bicyclic) bond motifs is 1. The molecule has 1 heterocycles. The standard InChI is InChI=1S/C23H14Cl3NO4/c1-30-21-18(25)9-13(10-19(21)26)22(28)27-14-6-7-15(17(24)11-14)16-8-12-4-2-3-5-20(12)31-23(16)29/h2-11H,1H3,(H,27,28). The van der Waals surface area contributed by atoms with E-state index in [-0.39, 0.29) is 20.6 Å². The van der Waals surface area contributed by atoms with Gasteiger partial charge >= 0.3 is 5.63 Å². The van der Waals surface area contributed by atoms with Crippen molar-refractivity contribution < 1.29 is 13.9 Å². The number of ether oxygens (including phenoxy) is 1. The third-order valence-electron chi connectivity index (χ3n) is 4.62. The van der Waals surface area contributed by atoms with Gasteiger partial charge in [-0.05, 0) is 36.4 Å². The minimum absolute atomic E-state index is 0.219. The lowest BCUT2D eigenvalue weighted by Crippen LogP contribution is -2.12. The molecule has 1 amide bonds. The lowest BCUT2D eigenvalue weighted by atomic mass is 10.1. The van der Waals surface area contributed by atoms with Crippen molar-refractivity contribution >= 4 is 57.4 Å². The molecule has 0 bridgehead atoms. The summed E-state index contributed by atoms with van der Waals surface area (Å²) in [4.78, 5) is 25.0. The van der Waals surface area contributed by atoms with Crippen LogP contribution in [-0.4, -0.2) is 13.0 Å². The van der Waals surface area contributed by atoms with Crippen molar-refractivity contribution in [2.24, 2.45) is 0 Å². The second-order valence-electron chi connectivity index (χ2n) is 6.61. The zero-order chi connectivity index (χ0) is 22.1. The van der Waals surface area contributed by atoms with Crippen LogP contribution in [0.5, 0.6) is 5.75 Å². The summed E-state index contributed by atoms with van der Waals surface area (Å²) < 4.78 is 10.5. The molecule has 3 aromatic carbocycles. The summed E-state index contributed by atoms with van der Waals surface area (Å²) in [6.45, 7) is 0. The molecule has 1 aromatic heterocycles. The number of methoxy groups -OCH3 is 1. The predicted molar refractivity (Wildman–Crippen MR) is 124 cm³/mol. The number of para-hydroxylation sites is 1. The number of anilines is 1. The summed E-state index contributed by atoms with van der Waals surface area (Å²) in [5, 5.41) is 4.23. The Morgan fingerprint density at radius 1 is 0.903 bits per heavy atom. The molecule has 0 aliphatic rings. The van der Waals surface area contributed by atoms with Crippen LogP contribution in [-0.2, 0) is 0 Å². The number of halogens is 3. The van der Waals surface area contributed by atoms with Gasteiger partial charge in [-0.3, -0.25) is 4.79 Å².